The monoisotopic (exact) mass is 277 g/mol. The predicted octanol–water partition coefficient (Wildman–Crippen LogP) is 3.91. The van der Waals surface area contributed by atoms with Gasteiger partial charge >= 0.3 is 0 Å². The number of methoxy groups -OCH3 is 1. The lowest BCUT2D eigenvalue weighted by molar-refractivity contribution is 0.0573. The quantitative estimate of drug-likeness (QED) is 0.856. The minimum atomic E-state index is -0.0336. The van der Waals surface area contributed by atoms with Crippen molar-refractivity contribution in [2.45, 2.75) is 58.5 Å². The molecular formula is C16H27N3O. The van der Waals surface area contributed by atoms with Crippen molar-refractivity contribution in [3.63, 3.8) is 0 Å². The summed E-state index contributed by atoms with van der Waals surface area (Å²) in [4.78, 5) is 9.45. The molecular weight excluding hydrogens is 250 g/mol. The van der Waals surface area contributed by atoms with Crippen molar-refractivity contribution < 1.29 is 4.74 Å². The standard InChI is InChI=1S/C16H27N3O/c1-5-17-14-10-13(12-8-6-7-9-12)18-16(19-14)15(20-4)11(2)3/h10-12,15H,5-9H2,1-4H3,(H,17,18,19). The summed E-state index contributed by atoms with van der Waals surface area (Å²) in [6, 6.07) is 2.12. The molecule has 1 unspecified atom stereocenters. The lowest BCUT2D eigenvalue weighted by Crippen LogP contribution is -2.16. The fourth-order valence-electron chi connectivity index (χ4n) is 2.99. The molecule has 4 nitrogen and oxygen atoms in total. The van der Waals surface area contributed by atoms with E-state index in [1.807, 2.05) is 0 Å². The van der Waals surface area contributed by atoms with E-state index >= 15 is 0 Å². The molecule has 0 aliphatic heterocycles. The Balaban J connectivity index is 2.34. The van der Waals surface area contributed by atoms with Crippen molar-refractivity contribution in [1.82, 2.24) is 9.97 Å². The van der Waals surface area contributed by atoms with Gasteiger partial charge in [0.1, 0.15) is 11.9 Å². The number of hydrogen-bond acceptors (Lipinski definition) is 4. The van der Waals surface area contributed by atoms with E-state index in [2.05, 4.69) is 37.1 Å². The molecule has 20 heavy (non-hydrogen) atoms. The summed E-state index contributed by atoms with van der Waals surface area (Å²) < 4.78 is 5.60. The van der Waals surface area contributed by atoms with Gasteiger partial charge in [0.05, 0.1) is 0 Å². The van der Waals surface area contributed by atoms with Crippen LogP contribution in [0.5, 0.6) is 0 Å². The Morgan fingerprint density at radius 3 is 2.55 bits per heavy atom. The Labute approximate surface area is 122 Å². The summed E-state index contributed by atoms with van der Waals surface area (Å²) >= 11 is 0. The number of nitrogens with zero attached hydrogens (tertiary/aromatic N) is 2. The molecule has 1 aliphatic rings. The van der Waals surface area contributed by atoms with Gasteiger partial charge in [0, 0.05) is 31.3 Å². The van der Waals surface area contributed by atoms with Gasteiger partial charge in [-0.3, -0.25) is 0 Å². The lowest BCUT2D eigenvalue weighted by Gasteiger charge is -2.20. The van der Waals surface area contributed by atoms with Crippen LogP contribution in [0.1, 0.15) is 70.0 Å². The highest BCUT2D eigenvalue weighted by molar-refractivity contribution is 5.37. The molecule has 1 heterocycles. The third-order valence-electron chi connectivity index (χ3n) is 4.01. The third-order valence-corrected chi connectivity index (χ3v) is 4.01. The number of rotatable bonds is 6. The molecule has 112 valence electrons. The number of hydrogen-bond donors (Lipinski definition) is 1. The zero-order chi connectivity index (χ0) is 14.5. The first-order valence-corrected chi connectivity index (χ1v) is 7.81. The van der Waals surface area contributed by atoms with Crippen molar-refractivity contribution in [3.8, 4) is 0 Å². The van der Waals surface area contributed by atoms with Gasteiger partial charge in [-0.05, 0) is 25.7 Å². The zero-order valence-electron chi connectivity index (χ0n) is 13.1. The van der Waals surface area contributed by atoms with Gasteiger partial charge in [-0.2, -0.15) is 0 Å². The van der Waals surface area contributed by atoms with E-state index in [9.17, 15) is 0 Å². The van der Waals surface area contributed by atoms with Gasteiger partial charge in [0.2, 0.25) is 0 Å². The molecule has 1 atom stereocenters. The first-order chi connectivity index (χ1) is 9.65. The van der Waals surface area contributed by atoms with Gasteiger partial charge in [-0.15, -0.1) is 0 Å². The van der Waals surface area contributed by atoms with E-state index in [0.717, 1.165) is 18.2 Å². The number of anilines is 1. The van der Waals surface area contributed by atoms with Crippen molar-refractivity contribution in [1.29, 1.82) is 0 Å². The maximum Gasteiger partial charge on any atom is 0.159 e. The molecule has 0 saturated heterocycles. The van der Waals surface area contributed by atoms with Crippen LogP contribution in [0.3, 0.4) is 0 Å². The fraction of sp³-hybridized carbons (Fsp3) is 0.750. The summed E-state index contributed by atoms with van der Waals surface area (Å²) in [5, 5.41) is 3.32. The number of aromatic nitrogens is 2. The van der Waals surface area contributed by atoms with Crippen molar-refractivity contribution in [2.24, 2.45) is 5.92 Å². The van der Waals surface area contributed by atoms with Crippen LogP contribution in [0, 0.1) is 5.92 Å². The van der Waals surface area contributed by atoms with E-state index in [1.165, 1.54) is 31.4 Å². The highest BCUT2D eigenvalue weighted by Crippen LogP contribution is 2.35. The topological polar surface area (TPSA) is 47.0 Å². The van der Waals surface area contributed by atoms with Crippen LogP contribution in [-0.4, -0.2) is 23.6 Å². The van der Waals surface area contributed by atoms with E-state index in [1.54, 1.807) is 7.11 Å². The fourth-order valence-corrected chi connectivity index (χ4v) is 2.99. The summed E-state index contributed by atoms with van der Waals surface area (Å²) in [6.45, 7) is 7.26. The minimum absolute atomic E-state index is 0.0336. The van der Waals surface area contributed by atoms with E-state index in [0.29, 0.717) is 11.8 Å². The van der Waals surface area contributed by atoms with E-state index in [-0.39, 0.29) is 6.10 Å². The summed E-state index contributed by atoms with van der Waals surface area (Å²) in [5.74, 6) is 2.72. The third kappa shape index (κ3) is 3.48. The first kappa shape index (κ1) is 15.2. The molecule has 0 bridgehead atoms. The van der Waals surface area contributed by atoms with Crippen molar-refractivity contribution in [2.75, 3.05) is 19.0 Å². The molecule has 1 aromatic heterocycles. The zero-order valence-corrected chi connectivity index (χ0v) is 13.1. The number of ether oxygens (including phenoxy) is 1. The average molecular weight is 277 g/mol. The second-order valence-corrected chi connectivity index (χ2v) is 5.95. The van der Waals surface area contributed by atoms with Crippen molar-refractivity contribution in [3.05, 3.63) is 17.6 Å². The SMILES string of the molecule is CCNc1cc(C2CCCC2)nc(C(OC)C(C)C)n1. The number of nitrogens with one attached hydrogen (secondary N) is 1. The molecule has 0 spiro atoms. The Bertz CT molecular complexity index is 428. The van der Waals surface area contributed by atoms with Crippen LogP contribution in [0.2, 0.25) is 0 Å². The van der Waals surface area contributed by atoms with Gasteiger partial charge < -0.3 is 10.1 Å². The molecule has 2 rings (SSSR count). The molecule has 1 N–H and O–H groups in total. The van der Waals surface area contributed by atoms with Gasteiger partial charge in [0.25, 0.3) is 0 Å². The van der Waals surface area contributed by atoms with Crippen LogP contribution < -0.4 is 5.32 Å². The Morgan fingerprint density at radius 2 is 2.00 bits per heavy atom. The lowest BCUT2D eigenvalue weighted by atomic mass is 10.0. The summed E-state index contributed by atoms with van der Waals surface area (Å²) in [7, 11) is 1.74. The summed E-state index contributed by atoms with van der Waals surface area (Å²) in [6.07, 6.45) is 5.10. The Morgan fingerprint density at radius 1 is 1.30 bits per heavy atom. The molecule has 1 saturated carbocycles. The van der Waals surface area contributed by atoms with E-state index in [4.69, 9.17) is 9.72 Å². The molecule has 4 heteroatoms. The minimum Gasteiger partial charge on any atom is -0.373 e. The molecule has 1 fully saturated rings. The highest BCUT2D eigenvalue weighted by atomic mass is 16.5. The molecule has 0 radical (unpaired) electrons. The van der Waals surface area contributed by atoms with Crippen LogP contribution in [-0.2, 0) is 4.74 Å². The van der Waals surface area contributed by atoms with Crippen LogP contribution >= 0.6 is 0 Å². The van der Waals surface area contributed by atoms with E-state index < -0.39 is 0 Å². The predicted molar refractivity (Wildman–Crippen MR) is 82.0 cm³/mol. The molecule has 0 amide bonds. The molecule has 1 aliphatic carbocycles. The maximum atomic E-state index is 5.60. The van der Waals surface area contributed by atoms with Gasteiger partial charge in [-0.25, -0.2) is 9.97 Å². The Kier molecular flexibility index (Phi) is 5.35. The second-order valence-electron chi connectivity index (χ2n) is 5.95. The molecule has 1 aromatic rings. The van der Waals surface area contributed by atoms with Crippen LogP contribution in [0.25, 0.3) is 0 Å². The Hall–Kier alpha value is -1.16. The molecule has 0 aromatic carbocycles. The largest absolute Gasteiger partial charge is 0.373 e. The van der Waals surface area contributed by atoms with Gasteiger partial charge in [-0.1, -0.05) is 26.7 Å². The van der Waals surface area contributed by atoms with Gasteiger partial charge in [0.15, 0.2) is 5.82 Å². The smallest absolute Gasteiger partial charge is 0.159 e. The average Bonchev–Trinajstić information content (AvgIpc) is 2.93. The van der Waals surface area contributed by atoms with Crippen LogP contribution in [0.15, 0.2) is 6.07 Å². The van der Waals surface area contributed by atoms with Crippen LogP contribution in [0.4, 0.5) is 5.82 Å². The summed E-state index contributed by atoms with van der Waals surface area (Å²) in [5.41, 5.74) is 1.19. The van der Waals surface area contributed by atoms with Crippen molar-refractivity contribution >= 4 is 5.82 Å². The maximum absolute atomic E-state index is 5.60. The highest BCUT2D eigenvalue weighted by Gasteiger charge is 2.24. The first-order valence-electron chi connectivity index (χ1n) is 7.81. The normalized spacial score (nSPS) is 17.6. The second kappa shape index (κ2) is 7.02.